The maximum atomic E-state index is 6.79. The number of unbranched alkanes of at least 4 members (excludes halogenated alkanes) is 4. The van der Waals surface area contributed by atoms with Gasteiger partial charge in [-0.2, -0.15) is 0 Å². The predicted molar refractivity (Wildman–Crippen MR) is 364 cm³/mol. The molecule has 0 spiro atoms. The maximum Gasteiger partial charge on any atom is 0.137 e. The Kier molecular flexibility index (Phi) is 19.0. The van der Waals surface area contributed by atoms with Gasteiger partial charge in [0.15, 0.2) is 0 Å². The van der Waals surface area contributed by atoms with Crippen LogP contribution in [0.2, 0.25) is 0 Å². The highest BCUT2D eigenvalue weighted by molar-refractivity contribution is 5.79. The Morgan fingerprint density at radius 3 is 0.640 bits per heavy atom. The molecule has 0 saturated heterocycles. The standard InChI is InChI=1S/C82H78O4/c1-7-13-17-71-53-75(63-37-25-57(11-5)26-38-63)83-79(71)67-45-33-61(34-46-67)23-21-59-29-41-65(42-30-59)77-55-73(19-15-9-3)81(85-77)69-49-51-70(52-50-69)82-74(20-16-10-4)56-78(86-82)66-43-31-60(32-44-66)22-24-62-35-47-68(48-36-62)80-72(18-14-8-2)54-76(84-80)64-39-27-58(12-6)28-40-64/h11-12,21-56H,5-10,13-20H2,1-4H3/b23-21+,24-22+. The van der Waals surface area contributed by atoms with E-state index in [1.807, 2.05) is 12.2 Å². The molecule has 0 bridgehead atoms. The minimum absolute atomic E-state index is 0.880. The van der Waals surface area contributed by atoms with Crippen molar-refractivity contribution >= 4 is 36.5 Å². The monoisotopic (exact) mass is 1130 g/mol. The van der Waals surface area contributed by atoms with E-state index < -0.39 is 0 Å². The zero-order valence-electron chi connectivity index (χ0n) is 50.5. The third kappa shape index (κ3) is 13.9. The third-order valence-electron chi connectivity index (χ3n) is 16.4. The number of hydrogen-bond donors (Lipinski definition) is 0. The summed E-state index contributed by atoms with van der Waals surface area (Å²) in [6.45, 7) is 16.8. The van der Waals surface area contributed by atoms with Gasteiger partial charge in [0, 0.05) is 44.5 Å². The second-order valence-electron chi connectivity index (χ2n) is 22.7. The van der Waals surface area contributed by atoms with Gasteiger partial charge in [0.25, 0.3) is 0 Å². The second kappa shape index (κ2) is 28.0. The lowest BCUT2D eigenvalue weighted by molar-refractivity contribution is 0.591. The van der Waals surface area contributed by atoms with E-state index >= 15 is 0 Å². The van der Waals surface area contributed by atoms with Crippen LogP contribution in [-0.4, -0.2) is 0 Å². The first-order valence-corrected chi connectivity index (χ1v) is 31.1. The molecule has 0 unspecified atom stereocenters. The third-order valence-corrected chi connectivity index (χ3v) is 16.4. The Labute approximate surface area is 509 Å². The molecule has 0 amide bonds. The van der Waals surface area contributed by atoms with Gasteiger partial charge in [0.2, 0.25) is 0 Å². The summed E-state index contributed by atoms with van der Waals surface area (Å²) >= 11 is 0. The molecule has 11 aromatic rings. The Morgan fingerprint density at radius 2 is 0.442 bits per heavy atom. The Bertz CT molecular complexity index is 3780. The zero-order chi connectivity index (χ0) is 59.2. The molecule has 0 saturated carbocycles. The van der Waals surface area contributed by atoms with Crippen molar-refractivity contribution in [2.45, 2.75) is 105 Å². The summed E-state index contributed by atoms with van der Waals surface area (Å²) < 4.78 is 26.7. The summed E-state index contributed by atoms with van der Waals surface area (Å²) in [7, 11) is 0. The second-order valence-corrected chi connectivity index (χ2v) is 22.7. The Morgan fingerprint density at radius 1 is 0.256 bits per heavy atom. The number of furan rings is 4. The van der Waals surface area contributed by atoms with Crippen molar-refractivity contribution in [3.8, 4) is 90.6 Å². The molecule has 0 fully saturated rings. The van der Waals surface area contributed by atoms with Crippen molar-refractivity contribution in [1.82, 2.24) is 0 Å². The summed E-state index contributed by atoms with van der Waals surface area (Å²) in [5.41, 5.74) is 20.2. The summed E-state index contributed by atoms with van der Waals surface area (Å²) in [5.74, 6) is 7.33. The van der Waals surface area contributed by atoms with Gasteiger partial charge in [-0.05, 0) is 131 Å². The van der Waals surface area contributed by atoms with Crippen LogP contribution in [0.3, 0.4) is 0 Å². The topological polar surface area (TPSA) is 52.6 Å². The molecule has 86 heavy (non-hydrogen) atoms. The molecule has 4 nitrogen and oxygen atoms in total. The highest BCUT2D eigenvalue weighted by Crippen LogP contribution is 2.40. The van der Waals surface area contributed by atoms with E-state index in [1.54, 1.807) is 0 Å². The fourth-order valence-corrected chi connectivity index (χ4v) is 11.2. The van der Waals surface area contributed by atoms with Gasteiger partial charge in [-0.1, -0.05) is 273 Å². The predicted octanol–water partition coefficient (Wildman–Crippen LogP) is 24.4. The van der Waals surface area contributed by atoms with E-state index in [0.717, 1.165) is 201 Å². The van der Waals surface area contributed by atoms with E-state index in [-0.39, 0.29) is 0 Å². The SMILES string of the molecule is C=Cc1ccc(-c2cc(CCCC)c(-c3ccc(/C=C/c4ccc(-c5cc(CCCC)c(-c6ccc(-c7oc(-c8ccc(/C=C/c9ccc(-c%10oc(-c%11ccc(C=C)cc%11)cc%10CCCC)cc9)cc8)cc7CCCC)cc6)o5)cc4)cc3)o2)cc1. The summed E-state index contributed by atoms with van der Waals surface area (Å²) in [4.78, 5) is 0. The van der Waals surface area contributed by atoms with Gasteiger partial charge in [-0.25, -0.2) is 0 Å². The normalized spacial score (nSPS) is 11.6. The van der Waals surface area contributed by atoms with Gasteiger partial charge in [-0.15, -0.1) is 0 Å². The highest BCUT2D eigenvalue weighted by atomic mass is 16.4. The summed E-state index contributed by atoms with van der Waals surface area (Å²) in [6.07, 6.45) is 25.2. The van der Waals surface area contributed by atoms with Crippen LogP contribution in [0.4, 0.5) is 0 Å². The fourth-order valence-electron chi connectivity index (χ4n) is 11.2. The number of aryl methyl sites for hydroxylation is 4. The van der Waals surface area contributed by atoms with E-state index in [0.29, 0.717) is 0 Å². The Hall–Kier alpha value is -9.38. The molecule has 7 aromatic carbocycles. The van der Waals surface area contributed by atoms with Crippen molar-refractivity contribution in [3.63, 3.8) is 0 Å². The van der Waals surface area contributed by atoms with E-state index in [1.165, 1.54) is 22.3 Å². The fraction of sp³-hybridized carbons (Fsp3) is 0.195. The summed E-state index contributed by atoms with van der Waals surface area (Å²) in [6, 6.07) is 69.1. The van der Waals surface area contributed by atoms with Crippen LogP contribution in [0.1, 0.15) is 135 Å². The van der Waals surface area contributed by atoms with E-state index in [2.05, 4.69) is 259 Å². The molecule has 4 heterocycles. The van der Waals surface area contributed by atoms with Gasteiger partial charge < -0.3 is 17.7 Å². The first-order chi connectivity index (χ1) is 42.3. The molecule has 4 aromatic heterocycles. The van der Waals surface area contributed by atoms with Crippen LogP contribution in [0, 0.1) is 0 Å². The molecule has 0 atom stereocenters. The molecule has 4 heteroatoms. The Balaban J connectivity index is 0.753. The first-order valence-electron chi connectivity index (χ1n) is 31.1. The summed E-state index contributed by atoms with van der Waals surface area (Å²) in [5, 5.41) is 0. The smallest absolute Gasteiger partial charge is 0.137 e. The molecular weight excluding hydrogens is 1050 g/mol. The minimum atomic E-state index is 0.880. The lowest BCUT2D eigenvalue weighted by Gasteiger charge is -2.06. The largest absolute Gasteiger partial charge is 0.456 e. The van der Waals surface area contributed by atoms with Crippen molar-refractivity contribution in [3.05, 3.63) is 263 Å². The quantitative estimate of drug-likeness (QED) is 0.0507. The molecule has 0 aliphatic carbocycles. The lowest BCUT2D eigenvalue weighted by Crippen LogP contribution is -1.87. The van der Waals surface area contributed by atoms with Gasteiger partial charge in [0.05, 0.1) is 0 Å². The number of benzene rings is 7. The molecule has 430 valence electrons. The minimum Gasteiger partial charge on any atom is -0.456 e. The van der Waals surface area contributed by atoms with Crippen LogP contribution in [-0.2, 0) is 25.7 Å². The van der Waals surface area contributed by atoms with Crippen molar-refractivity contribution in [2.75, 3.05) is 0 Å². The molecule has 0 N–H and O–H groups in total. The first kappa shape index (κ1) is 58.4. The highest BCUT2D eigenvalue weighted by Gasteiger charge is 2.20. The zero-order valence-corrected chi connectivity index (χ0v) is 50.5. The average molecular weight is 1130 g/mol. The number of rotatable bonds is 26. The molecule has 0 aliphatic rings. The van der Waals surface area contributed by atoms with Crippen molar-refractivity contribution in [1.29, 1.82) is 0 Å². The number of hydrogen-bond acceptors (Lipinski definition) is 4. The maximum absolute atomic E-state index is 6.79. The lowest BCUT2D eigenvalue weighted by atomic mass is 9.99. The van der Waals surface area contributed by atoms with Crippen LogP contribution < -0.4 is 0 Å². The molecular formula is C82H78O4. The van der Waals surface area contributed by atoms with Gasteiger partial charge in [0.1, 0.15) is 46.1 Å². The van der Waals surface area contributed by atoms with Crippen LogP contribution in [0.25, 0.3) is 127 Å². The molecule has 0 radical (unpaired) electrons. The average Bonchev–Trinajstić information content (AvgIpc) is 3.70. The van der Waals surface area contributed by atoms with Gasteiger partial charge >= 0.3 is 0 Å². The van der Waals surface area contributed by atoms with Crippen molar-refractivity contribution in [2.24, 2.45) is 0 Å². The molecule has 0 aliphatic heterocycles. The van der Waals surface area contributed by atoms with Crippen LogP contribution >= 0.6 is 0 Å². The van der Waals surface area contributed by atoms with E-state index in [4.69, 9.17) is 17.7 Å². The van der Waals surface area contributed by atoms with Gasteiger partial charge in [-0.3, -0.25) is 0 Å². The molecule has 11 rings (SSSR count). The van der Waals surface area contributed by atoms with E-state index in [9.17, 15) is 0 Å². The van der Waals surface area contributed by atoms with Crippen LogP contribution in [0.5, 0.6) is 0 Å². The van der Waals surface area contributed by atoms with Crippen molar-refractivity contribution < 1.29 is 17.7 Å². The van der Waals surface area contributed by atoms with Crippen LogP contribution in [0.15, 0.2) is 225 Å².